The molecule has 196 valence electrons. The first-order chi connectivity index (χ1) is 17.8. The number of nitrogens with two attached hydrogens (primary N) is 1. The summed E-state index contributed by atoms with van der Waals surface area (Å²) < 4.78 is 44.6. The van der Waals surface area contributed by atoms with Crippen molar-refractivity contribution in [1.82, 2.24) is 14.9 Å². The van der Waals surface area contributed by atoms with Crippen molar-refractivity contribution in [1.29, 1.82) is 0 Å². The molecule has 3 unspecified atom stereocenters. The van der Waals surface area contributed by atoms with Crippen LogP contribution in [0.2, 0.25) is 0 Å². The fraction of sp³-hybridized carbons (Fsp3) is 0.407. The van der Waals surface area contributed by atoms with Crippen LogP contribution in [0.1, 0.15) is 24.6 Å². The van der Waals surface area contributed by atoms with E-state index in [1.807, 2.05) is 13.0 Å². The van der Waals surface area contributed by atoms with Gasteiger partial charge in [0.2, 0.25) is 0 Å². The Morgan fingerprint density at radius 3 is 2.51 bits per heavy atom. The molecule has 10 heteroatoms. The Labute approximate surface area is 214 Å². The average molecular weight is 513 g/mol. The second-order valence-electron chi connectivity index (χ2n) is 9.98. The van der Waals surface area contributed by atoms with Crippen molar-refractivity contribution in [3.63, 3.8) is 0 Å². The number of benzene rings is 1. The van der Waals surface area contributed by atoms with Crippen molar-refractivity contribution < 1.29 is 18.3 Å². The summed E-state index contributed by atoms with van der Waals surface area (Å²) in [5.41, 5.74) is 7.79. The molecule has 4 N–H and O–H groups in total. The zero-order valence-electron chi connectivity index (χ0n) is 20.7. The number of aliphatic hydroxyl groups is 1. The van der Waals surface area contributed by atoms with Crippen molar-refractivity contribution in [2.75, 3.05) is 36.4 Å². The predicted octanol–water partition coefficient (Wildman–Crippen LogP) is 3.52. The monoisotopic (exact) mass is 512 g/mol. The average Bonchev–Trinajstić information content (AvgIpc) is 2.84. The van der Waals surface area contributed by atoms with E-state index in [0.717, 1.165) is 25.2 Å². The van der Waals surface area contributed by atoms with E-state index in [2.05, 4.69) is 25.1 Å². The Morgan fingerprint density at radius 1 is 1.08 bits per heavy atom. The number of halogens is 3. The molecule has 0 saturated carbocycles. The molecular weight excluding hydrogens is 481 g/mol. The number of likely N-dealkylation sites (tertiary alicyclic amines) is 1. The molecule has 2 fully saturated rings. The van der Waals surface area contributed by atoms with Crippen LogP contribution in [0.3, 0.4) is 0 Å². The molecule has 5 rings (SSSR count). The highest BCUT2D eigenvalue weighted by molar-refractivity contribution is 5.69. The third-order valence-electron chi connectivity index (χ3n) is 7.16. The van der Waals surface area contributed by atoms with Crippen LogP contribution < -0.4 is 16.0 Å². The number of piperidine rings is 1. The van der Waals surface area contributed by atoms with Gasteiger partial charge in [0, 0.05) is 37.8 Å². The molecule has 7 nitrogen and oxygen atoms in total. The van der Waals surface area contributed by atoms with Crippen LogP contribution in [0.15, 0.2) is 42.7 Å². The summed E-state index contributed by atoms with van der Waals surface area (Å²) in [7, 11) is 0. The number of hydrogen-bond donors (Lipinski definition) is 3. The maximum atomic E-state index is 15.0. The van der Waals surface area contributed by atoms with Gasteiger partial charge in [-0.05, 0) is 55.4 Å². The van der Waals surface area contributed by atoms with Gasteiger partial charge in [0.15, 0.2) is 0 Å². The first-order valence-corrected chi connectivity index (χ1v) is 12.5. The third-order valence-corrected chi connectivity index (χ3v) is 7.16. The Kier molecular flexibility index (Phi) is 7.32. The van der Waals surface area contributed by atoms with Crippen LogP contribution in [0.25, 0.3) is 11.3 Å². The van der Waals surface area contributed by atoms with E-state index >= 15 is 0 Å². The van der Waals surface area contributed by atoms with Crippen LogP contribution in [-0.2, 0) is 13.1 Å². The molecule has 0 aliphatic carbocycles. The highest BCUT2D eigenvalue weighted by Crippen LogP contribution is 2.31. The highest BCUT2D eigenvalue weighted by Gasteiger charge is 2.31. The predicted molar refractivity (Wildman–Crippen MR) is 136 cm³/mol. The first-order valence-electron chi connectivity index (χ1n) is 12.5. The van der Waals surface area contributed by atoms with E-state index < -0.39 is 29.1 Å². The summed E-state index contributed by atoms with van der Waals surface area (Å²) in [6.07, 6.45) is 3.85. The maximum absolute atomic E-state index is 15.0. The molecule has 2 aliphatic heterocycles. The van der Waals surface area contributed by atoms with Crippen LogP contribution >= 0.6 is 0 Å². The van der Waals surface area contributed by atoms with Crippen molar-refractivity contribution in [3.8, 4) is 11.3 Å². The lowest BCUT2D eigenvalue weighted by atomic mass is 9.92. The Morgan fingerprint density at radius 2 is 1.84 bits per heavy atom. The lowest BCUT2D eigenvalue weighted by Crippen LogP contribution is -2.55. The largest absolute Gasteiger partial charge is 0.391 e. The number of rotatable bonds is 7. The number of anilines is 2. The summed E-state index contributed by atoms with van der Waals surface area (Å²) in [6, 6.07) is 6.63. The second-order valence-corrected chi connectivity index (χ2v) is 9.98. The van der Waals surface area contributed by atoms with Gasteiger partial charge in [-0.3, -0.25) is 9.88 Å². The van der Waals surface area contributed by atoms with Crippen LogP contribution in [-0.4, -0.2) is 58.3 Å². The number of pyridine rings is 2. The molecular formula is C27H31F3N6O. The minimum Gasteiger partial charge on any atom is -0.391 e. The molecule has 2 saturated heterocycles. The number of hydrogen-bond acceptors (Lipinski definition) is 7. The van der Waals surface area contributed by atoms with Crippen molar-refractivity contribution in [2.45, 2.75) is 38.6 Å². The molecule has 3 aromatic rings. The zero-order valence-corrected chi connectivity index (χ0v) is 20.7. The van der Waals surface area contributed by atoms with Gasteiger partial charge in [-0.1, -0.05) is 6.92 Å². The molecule has 1 aromatic carbocycles. The molecule has 0 amide bonds. The lowest BCUT2D eigenvalue weighted by Gasteiger charge is -2.40. The van der Waals surface area contributed by atoms with Crippen LogP contribution in [0, 0.1) is 23.4 Å². The summed E-state index contributed by atoms with van der Waals surface area (Å²) in [6.45, 7) is 5.50. The molecule has 0 radical (unpaired) electrons. The van der Waals surface area contributed by atoms with E-state index in [0.29, 0.717) is 36.6 Å². The Bertz CT molecular complexity index is 1240. The van der Waals surface area contributed by atoms with Crippen molar-refractivity contribution in [2.24, 2.45) is 11.7 Å². The molecule has 3 atom stereocenters. The fourth-order valence-electron chi connectivity index (χ4n) is 4.99. The molecule has 4 heterocycles. The minimum absolute atomic E-state index is 0.00632. The van der Waals surface area contributed by atoms with E-state index in [1.165, 1.54) is 24.3 Å². The van der Waals surface area contributed by atoms with Crippen molar-refractivity contribution >= 4 is 11.4 Å². The number of aliphatic hydroxyl groups excluding tert-OH is 1. The van der Waals surface area contributed by atoms with Gasteiger partial charge >= 0.3 is 0 Å². The van der Waals surface area contributed by atoms with Gasteiger partial charge in [0.1, 0.15) is 23.1 Å². The molecule has 2 aliphatic rings. The molecule has 2 aromatic heterocycles. The lowest BCUT2D eigenvalue weighted by molar-refractivity contribution is 0.0785. The molecule has 0 spiro atoms. The van der Waals surface area contributed by atoms with E-state index in [-0.39, 0.29) is 24.2 Å². The van der Waals surface area contributed by atoms with E-state index in [9.17, 15) is 18.3 Å². The van der Waals surface area contributed by atoms with Gasteiger partial charge in [0.05, 0.1) is 41.5 Å². The van der Waals surface area contributed by atoms with E-state index in [4.69, 9.17) is 5.73 Å². The van der Waals surface area contributed by atoms with Gasteiger partial charge in [-0.2, -0.15) is 0 Å². The number of nitrogens with one attached hydrogen (secondary N) is 1. The normalized spacial score (nSPS) is 22.1. The quantitative estimate of drug-likeness (QED) is 0.446. The summed E-state index contributed by atoms with van der Waals surface area (Å²) in [5, 5.41) is 13.5. The standard InChI is InChI=1S/C27H31F3N6O/c1-16-13-36(15-22(31)27(16)37)24-5-6-32-12-23(24)33-11-18-3-4-19(28)26(34-18)25-20(29)9-17(10-21(25)30)14-35-7-2-8-35/h3-6,9-10,12,16,22,27,33,37H,2,7-8,11,13-15,31H2,1H3. The third kappa shape index (κ3) is 5.41. The summed E-state index contributed by atoms with van der Waals surface area (Å²) in [5.74, 6) is -2.47. The summed E-state index contributed by atoms with van der Waals surface area (Å²) >= 11 is 0. The van der Waals surface area contributed by atoms with Crippen molar-refractivity contribution in [3.05, 3.63) is 71.4 Å². The molecule has 0 bridgehead atoms. The van der Waals surface area contributed by atoms with Crippen LogP contribution in [0.4, 0.5) is 24.5 Å². The zero-order chi connectivity index (χ0) is 26.1. The second kappa shape index (κ2) is 10.6. The minimum atomic E-state index is -0.834. The Hall–Kier alpha value is -3.21. The SMILES string of the molecule is CC1CN(c2ccncc2NCc2ccc(F)c(-c3c(F)cc(CN4CCC4)cc3F)n2)CC(N)C1O. The number of nitrogens with zero attached hydrogens (tertiary/aromatic N) is 4. The topological polar surface area (TPSA) is 90.5 Å². The maximum Gasteiger partial charge on any atom is 0.149 e. The smallest absolute Gasteiger partial charge is 0.149 e. The first kappa shape index (κ1) is 25.4. The van der Waals surface area contributed by atoms with Gasteiger partial charge < -0.3 is 21.1 Å². The molecule has 37 heavy (non-hydrogen) atoms. The Balaban J connectivity index is 1.35. The fourth-order valence-corrected chi connectivity index (χ4v) is 4.99. The van der Waals surface area contributed by atoms with Crippen LogP contribution in [0.5, 0.6) is 0 Å². The van der Waals surface area contributed by atoms with Gasteiger partial charge in [-0.15, -0.1) is 0 Å². The summed E-state index contributed by atoms with van der Waals surface area (Å²) in [4.78, 5) is 12.6. The van der Waals surface area contributed by atoms with E-state index in [1.54, 1.807) is 12.4 Å². The van der Waals surface area contributed by atoms with Gasteiger partial charge in [0.25, 0.3) is 0 Å². The van der Waals surface area contributed by atoms with Gasteiger partial charge in [-0.25, -0.2) is 18.2 Å². The number of aromatic nitrogens is 2. The highest BCUT2D eigenvalue weighted by atomic mass is 19.1.